The van der Waals surface area contributed by atoms with Gasteiger partial charge >= 0.3 is 0 Å². The van der Waals surface area contributed by atoms with Gasteiger partial charge in [0.2, 0.25) is 0 Å². The molecule has 0 aliphatic rings. The maximum Gasteiger partial charge on any atom is 0.177 e. The van der Waals surface area contributed by atoms with E-state index in [1.54, 1.807) is 13.3 Å². The number of ether oxygens (including phenoxy) is 1. The third-order valence-electron chi connectivity index (χ3n) is 2.20. The van der Waals surface area contributed by atoms with Crippen molar-refractivity contribution >= 4 is 27.7 Å². The van der Waals surface area contributed by atoms with E-state index in [-0.39, 0.29) is 5.17 Å². The zero-order valence-electron chi connectivity index (χ0n) is 7.99. The third-order valence-corrected chi connectivity index (χ3v) is 2.48. The number of halogens is 1. The minimum absolute atomic E-state index is 0.0505. The SMILES string of the molecule is COc1ccc2[nH]cc(/C(Cl)=N\O)c2c1. The Balaban J connectivity index is 2.66. The van der Waals surface area contributed by atoms with Gasteiger partial charge in [0.25, 0.3) is 0 Å². The highest BCUT2D eigenvalue weighted by Crippen LogP contribution is 2.24. The van der Waals surface area contributed by atoms with Crippen LogP contribution >= 0.6 is 11.6 Å². The molecule has 1 aromatic heterocycles. The van der Waals surface area contributed by atoms with Crippen LogP contribution in [0.2, 0.25) is 0 Å². The minimum Gasteiger partial charge on any atom is -0.497 e. The molecule has 0 saturated carbocycles. The number of nitrogens with zero attached hydrogens (tertiary/aromatic N) is 1. The second kappa shape index (κ2) is 3.82. The topological polar surface area (TPSA) is 57.6 Å². The van der Waals surface area contributed by atoms with Gasteiger partial charge in [-0.05, 0) is 18.2 Å². The van der Waals surface area contributed by atoms with Crippen LogP contribution in [0, 0.1) is 0 Å². The number of aromatic amines is 1. The lowest BCUT2D eigenvalue weighted by Gasteiger charge is -1.99. The molecule has 1 heterocycles. The van der Waals surface area contributed by atoms with Gasteiger partial charge < -0.3 is 14.9 Å². The quantitative estimate of drug-likeness (QED) is 0.468. The van der Waals surface area contributed by atoms with Gasteiger partial charge in [-0.2, -0.15) is 0 Å². The predicted octanol–water partition coefficient (Wildman–Crippen LogP) is 2.55. The highest BCUT2D eigenvalue weighted by molar-refractivity contribution is 6.70. The monoisotopic (exact) mass is 224 g/mol. The van der Waals surface area contributed by atoms with Gasteiger partial charge in [-0.3, -0.25) is 0 Å². The summed E-state index contributed by atoms with van der Waals surface area (Å²) in [6.45, 7) is 0. The van der Waals surface area contributed by atoms with Crippen molar-refractivity contribution < 1.29 is 9.94 Å². The molecule has 4 nitrogen and oxygen atoms in total. The summed E-state index contributed by atoms with van der Waals surface area (Å²) in [5.41, 5.74) is 1.56. The van der Waals surface area contributed by atoms with Crippen molar-refractivity contribution in [1.82, 2.24) is 4.98 Å². The molecule has 2 aromatic rings. The molecule has 5 heteroatoms. The first-order valence-electron chi connectivity index (χ1n) is 4.29. The van der Waals surface area contributed by atoms with Crippen LogP contribution in [-0.4, -0.2) is 22.5 Å². The summed E-state index contributed by atoms with van der Waals surface area (Å²) < 4.78 is 5.10. The van der Waals surface area contributed by atoms with Crippen molar-refractivity contribution in [3.05, 3.63) is 30.0 Å². The molecule has 15 heavy (non-hydrogen) atoms. The first-order chi connectivity index (χ1) is 7.26. The summed E-state index contributed by atoms with van der Waals surface area (Å²) >= 11 is 5.75. The van der Waals surface area contributed by atoms with E-state index in [0.29, 0.717) is 5.56 Å². The molecule has 0 unspecified atom stereocenters. The van der Waals surface area contributed by atoms with Crippen LogP contribution in [0.5, 0.6) is 5.75 Å². The molecule has 78 valence electrons. The van der Waals surface area contributed by atoms with Crippen LogP contribution in [0.4, 0.5) is 0 Å². The molecule has 0 amide bonds. The van der Waals surface area contributed by atoms with Gasteiger partial charge in [0.05, 0.1) is 7.11 Å². The van der Waals surface area contributed by atoms with Gasteiger partial charge in [0.15, 0.2) is 5.17 Å². The summed E-state index contributed by atoms with van der Waals surface area (Å²) in [6.07, 6.45) is 1.69. The van der Waals surface area contributed by atoms with Crippen molar-refractivity contribution in [3.63, 3.8) is 0 Å². The molecule has 0 atom stereocenters. The van der Waals surface area contributed by atoms with E-state index < -0.39 is 0 Å². The molecule has 0 aliphatic heterocycles. The van der Waals surface area contributed by atoms with Gasteiger partial charge in [-0.15, -0.1) is 0 Å². The smallest absolute Gasteiger partial charge is 0.177 e. The Morgan fingerprint density at radius 3 is 3.00 bits per heavy atom. The van der Waals surface area contributed by atoms with Crippen LogP contribution in [0.15, 0.2) is 29.6 Å². The highest BCUT2D eigenvalue weighted by atomic mass is 35.5. The number of hydrogen-bond donors (Lipinski definition) is 2. The molecule has 0 fully saturated rings. The fraction of sp³-hybridized carbons (Fsp3) is 0.100. The number of H-pyrrole nitrogens is 1. The molecule has 2 N–H and O–H groups in total. The van der Waals surface area contributed by atoms with E-state index in [2.05, 4.69) is 10.1 Å². The lowest BCUT2D eigenvalue weighted by molar-refractivity contribution is 0.321. The number of aromatic nitrogens is 1. The van der Waals surface area contributed by atoms with Crippen molar-refractivity contribution in [3.8, 4) is 5.75 Å². The molecule has 0 aliphatic carbocycles. The van der Waals surface area contributed by atoms with Crippen molar-refractivity contribution in [1.29, 1.82) is 0 Å². The Morgan fingerprint density at radius 2 is 2.33 bits per heavy atom. The van der Waals surface area contributed by atoms with Crippen molar-refractivity contribution in [2.45, 2.75) is 0 Å². The van der Waals surface area contributed by atoms with Gasteiger partial charge in [0, 0.05) is 22.7 Å². The molecule has 2 rings (SSSR count). The first kappa shape index (κ1) is 9.86. The summed E-state index contributed by atoms with van der Waals surface area (Å²) in [7, 11) is 1.59. The summed E-state index contributed by atoms with van der Waals surface area (Å²) in [5, 5.41) is 12.5. The fourth-order valence-corrected chi connectivity index (χ4v) is 1.61. The summed E-state index contributed by atoms with van der Waals surface area (Å²) in [6, 6.07) is 5.54. The molecular weight excluding hydrogens is 216 g/mol. The van der Waals surface area contributed by atoms with Crippen LogP contribution in [0.3, 0.4) is 0 Å². The number of hydrogen-bond acceptors (Lipinski definition) is 3. The number of benzene rings is 1. The average Bonchev–Trinajstić information content (AvgIpc) is 2.70. The predicted molar refractivity (Wildman–Crippen MR) is 59.0 cm³/mol. The second-order valence-corrected chi connectivity index (χ2v) is 3.36. The van der Waals surface area contributed by atoms with Crippen LogP contribution in [0.25, 0.3) is 10.9 Å². The molecule has 0 saturated heterocycles. The maximum atomic E-state index is 8.60. The standard InChI is InChI=1S/C10H9ClN2O2/c1-15-6-2-3-9-7(4-6)8(5-12-9)10(11)13-14/h2-5,12,14H,1H3/b13-10+. The fourth-order valence-electron chi connectivity index (χ4n) is 1.45. The van der Waals surface area contributed by atoms with E-state index in [1.807, 2.05) is 18.2 Å². The number of nitrogens with one attached hydrogen (secondary N) is 1. The second-order valence-electron chi connectivity index (χ2n) is 3.00. The Bertz CT molecular complexity index is 519. The minimum atomic E-state index is 0.0505. The maximum absolute atomic E-state index is 8.60. The lowest BCUT2D eigenvalue weighted by atomic mass is 10.2. The molecule has 0 radical (unpaired) electrons. The van der Waals surface area contributed by atoms with E-state index in [4.69, 9.17) is 21.5 Å². The zero-order valence-corrected chi connectivity index (χ0v) is 8.75. The van der Waals surface area contributed by atoms with E-state index in [0.717, 1.165) is 16.7 Å². The van der Waals surface area contributed by atoms with Crippen LogP contribution in [-0.2, 0) is 0 Å². The Labute approximate surface area is 91.1 Å². The lowest BCUT2D eigenvalue weighted by Crippen LogP contribution is -1.89. The zero-order chi connectivity index (χ0) is 10.8. The number of oxime groups is 1. The highest BCUT2D eigenvalue weighted by Gasteiger charge is 2.09. The third kappa shape index (κ3) is 1.64. The van der Waals surface area contributed by atoms with Crippen molar-refractivity contribution in [2.75, 3.05) is 7.11 Å². The van der Waals surface area contributed by atoms with Crippen LogP contribution in [0.1, 0.15) is 5.56 Å². The van der Waals surface area contributed by atoms with Gasteiger partial charge in [-0.1, -0.05) is 16.8 Å². The molecule has 1 aromatic carbocycles. The molecular formula is C10H9ClN2O2. The van der Waals surface area contributed by atoms with E-state index in [1.165, 1.54) is 0 Å². The Kier molecular flexibility index (Phi) is 2.51. The summed E-state index contributed by atoms with van der Waals surface area (Å²) in [4.78, 5) is 3.02. The normalized spacial score (nSPS) is 12.0. The van der Waals surface area contributed by atoms with Crippen molar-refractivity contribution in [2.24, 2.45) is 5.16 Å². The van der Waals surface area contributed by atoms with E-state index in [9.17, 15) is 0 Å². The van der Waals surface area contributed by atoms with E-state index >= 15 is 0 Å². The molecule has 0 bridgehead atoms. The molecule has 0 spiro atoms. The van der Waals surface area contributed by atoms with Crippen LogP contribution < -0.4 is 4.74 Å². The average molecular weight is 225 g/mol. The largest absolute Gasteiger partial charge is 0.497 e. The first-order valence-corrected chi connectivity index (χ1v) is 4.67. The number of fused-ring (bicyclic) bond motifs is 1. The Morgan fingerprint density at radius 1 is 1.53 bits per heavy atom. The number of rotatable bonds is 2. The summed E-state index contributed by atoms with van der Waals surface area (Å²) in [5.74, 6) is 0.728. The van der Waals surface area contributed by atoms with Gasteiger partial charge in [0.1, 0.15) is 5.75 Å². The van der Waals surface area contributed by atoms with Gasteiger partial charge in [-0.25, -0.2) is 0 Å². The Hall–Kier alpha value is -1.68. The number of methoxy groups -OCH3 is 1.